The number of carbonyl (C=O) groups is 1. The first-order chi connectivity index (χ1) is 15.9. The Morgan fingerprint density at radius 2 is 1.74 bits per heavy atom. The molecule has 3 fully saturated rings. The van der Waals surface area contributed by atoms with Crippen LogP contribution >= 0.6 is 0 Å². The van der Waals surface area contributed by atoms with Gasteiger partial charge in [-0.25, -0.2) is 0 Å². The Hall–Kier alpha value is -1.01. The molecule has 4 aliphatic carbocycles. The van der Waals surface area contributed by atoms with Gasteiger partial charge in [0.1, 0.15) is 11.9 Å². The van der Waals surface area contributed by atoms with Crippen LogP contribution in [-0.4, -0.2) is 50.1 Å². The Bertz CT molecular complexity index is 941. The number of rotatable bonds is 5. The van der Waals surface area contributed by atoms with Crippen molar-refractivity contribution >= 4 is 5.78 Å². The summed E-state index contributed by atoms with van der Waals surface area (Å²) in [6.45, 7) is 16.3. The van der Waals surface area contributed by atoms with Crippen molar-refractivity contribution in [3.63, 3.8) is 0 Å². The normalized spacial score (nSPS) is 43.3. The van der Waals surface area contributed by atoms with Gasteiger partial charge >= 0.3 is 0 Å². The molecule has 5 nitrogen and oxygen atoms in total. The highest BCUT2D eigenvalue weighted by Crippen LogP contribution is 2.73. The van der Waals surface area contributed by atoms with Crippen LogP contribution in [0.3, 0.4) is 0 Å². The van der Waals surface area contributed by atoms with E-state index >= 15 is 0 Å². The monoisotopic (exact) mass is 488 g/mol. The van der Waals surface area contributed by atoms with Gasteiger partial charge in [-0.1, -0.05) is 59.3 Å². The van der Waals surface area contributed by atoms with Crippen LogP contribution < -0.4 is 0 Å². The maximum atomic E-state index is 12.9. The molecule has 0 aromatic heterocycles. The number of aliphatic hydroxyl groups excluding tert-OH is 3. The van der Waals surface area contributed by atoms with Gasteiger partial charge in [-0.15, -0.1) is 0 Å². The zero-order valence-electron chi connectivity index (χ0n) is 23.1. The van der Waals surface area contributed by atoms with Gasteiger partial charge in [0.05, 0.1) is 17.8 Å². The third-order valence-corrected chi connectivity index (χ3v) is 11.4. The van der Waals surface area contributed by atoms with Crippen LogP contribution in [0.4, 0.5) is 0 Å². The topological polar surface area (TPSA) is 98.0 Å². The number of Topliss-reactive ketones (excluding diaryl/α,β-unsaturated/α-hetero) is 1. The first-order valence-corrected chi connectivity index (χ1v) is 13.6. The van der Waals surface area contributed by atoms with Crippen molar-refractivity contribution < 1.29 is 25.2 Å². The van der Waals surface area contributed by atoms with Crippen LogP contribution in [0.2, 0.25) is 0 Å². The molecule has 0 radical (unpaired) electrons. The standard InChI is InChI=1S/C30H48O5/c1-17(15-21(32)25(34)27(4,5)35)18-9-13-29(7)19(18)16-20(31)24-28(6)12-11-23(33)26(2,3)22(28)10-14-30(24,29)8/h9,13,17,20-22,24-25,31-32,34-35H,10-12,14-16H2,1-8H3. The predicted molar refractivity (Wildman–Crippen MR) is 137 cm³/mol. The molecule has 0 saturated heterocycles. The van der Waals surface area contributed by atoms with Crippen LogP contribution in [-0.2, 0) is 4.79 Å². The summed E-state index contributed by atoms with van der Waals surface area (Å²) < 4.78 is 0. The van der Waals surface area contributed by atoms with E-state index in [0.717, 1.165) is 24.8 Å². The minimum atomic E-state index is -1.37. The maximum absolute atomic E-state index is 12.9. The van der Waals surface area contributed by atoms with Crippen LogP contribution in [0, 0.1) is 39.4 Å². The van der Waals surface area contributed by atoms with Gasteiger partial charge in [0, 0.05) is 17.3 Å². The third kappa shape index (κ3) is 3.74. The van der Waals surface area contributed by atoms with Gasteiger partial charge in [-0.3, -0.25) is 4.79 Å². The molecule has 0 aromatic carbocycles. The van der Waals surface area contributed by atoms with E-state index in [0.29, 0.717) is 25.0 Å². The summed E-state index contributed by atoms with van der Waals surface area (Å²) in [7, 11) is 0. The largest absolute Gasteiger partial charge is 0.392 e. The van der Waals surface area contributed by atoms with Gasteiger partial charge in [-0.2, -0.15) is 0 Å². The lowest BCUT2D eigenvalue weighted by molar-refractivity contribution is -0.201. The van der Waals surface area contributed by atoms with Crippen molar-refractivity contribution in [2.45, 2.75) is 118 Å². The van der Waals surface area contributed by atoms with Crippen LogP contribution in [0.5, 0.6) is 0 Å². The zero-order valence-corrected chi connectivity index (χ0v) is 23.1. The average Bonchev–Trinajstić information content (AvgIpc) is 3.07. The second-order valence-electron chi connectivity index (χ2n) is 14.2. The molecule has 4 N–H and O–H groups in total. The number of aliphatic hydroxyl groups is 4. The second-order valence-corrected chi connectivity index (χ2v) is 14.2. The highest BCUT2D eigenvalue weighted by molar-refractivity contribution is 5.85. The second kappa shape index (κ2) is 8.24. The molecule has 0 bridgehead atoms. The van der Waals surface area contributed by atoms with Crippen LogP contribution in [0.1, 0.15) is 93.9 Å². The molecule has 0 aromatic rings. The van der Waals surface area contributed by atoms with E-state index in [1.54, 1.807) is 0 Å². The molecule has 9 unspecified atom stereocenters. The van der Waals surface area contributed by atoms with E-state index in [1.165, 1.54) is 19.4 Å². The van der Waals surface area contributed by atoms with Crippen molar-refractivity contribution in [3.05, 3.63) is 23.3 Å². The quantitative estimate of drug-likeness (QED) is 0.454. The summed E-state index contributed by atoms with van der Waals surface area (Å²) in [6.07, 6.45) is 6.13. The van der Waals surface area contributed by atoms with Gasteiger partial charge < -0.3 is 20.4 Å². The Morgan fingerprint density at radius 3 is 2.34 bits per heavy atom. The molecule has 5 heteroatoms. The van der Waals surface area contributed by atoms with Gasteiger partial charge in [0.15, 0.2) is 0 Å². The molecule has 9 atom stereocenters. The van der Waals surface area contributed by atoms with Crippen molar-refractivity contribution in [1.82, 2.24) is 0 Å². The lowest BCUT2D eigenvalue weighted by atomic mass is 9.36. The number of carbonyl (C=O) groups excluding carboxylic acids is 1. The number of allylic oxidation sites excluding steroid dienone is 3. The Morgan fingerprint density at radius 1 is 1.11 bits per heavy atom. The van der Waals surface area contributed by atoms with Crippen molar-refractivity contribution in [3.8, 4) is 0 Å². The summed E-state index contributed by atoms with van der Waals surface area (Å²) >= 11 is 0. The van der Waals surface area contributed by atoms with Crippen molar-refractivity contribution in [2.75, 3.05) is 0 Å². The molecule has 0 aliphatic heterocycles. The van der Waals surface area contributed by atoms with E-state index < -0.39 is 23.9 Å². The first kappa shape index (κ1) is 27.0. The summed E-state index contributed by atoms with van der Waals surface area (Å²) in [5, 5.41) is 42.9. The Balaban J connectivity index is 1.68. The number of fused-ring (bicyclic) bond motifs is 5. The summed E-state index contributed by atoms with van der Waals surface area (Å²) in [6, 6.07) is 0. The molecule has 4 aliphatic rings. The van der Waals surface area contributed by atoms with Gasteiger partial charge in [0.25, 0.3) is 0 Å². The van der Waals surface area contributed by atoms with Gasteiger partial charge in [-0.05, 0) is 80.1 Å². The van der Waals surface area contributed by atoms with Gasteiger partial charge in [0.2, 0.25) is 0 Å². The molecular weight excluding hydrogens is 440 g/mol. The number of hydrogen-bond acceptors (Lipinski definition) is 5. The average molecular weight is 489 g/mol. The molecule has 4 rings (SSSR count). The minimum absolute atomic E-state index is 0.0133. The van der Waals surface area contributed by atoms with E-state index in [9.17, 15) is 25.2 Å². The molecule has 0 amide bonds. The fourth-order valence-electron chi connectivity index (χ4n) is 9.24. The molecular formula is C30H48O5. The lowest BCUT2D eigenvalue weighted by Gasteiger charge is -2.68. The Labute approximate surface area is 211 Å². The van der Waals surface area contributed by atoms with Crippen molar-refractivity contribution in [2.24, 2.45) is 39.4 Å². The summed E-state index contributed by atoms with van der Waals surface area (Å²) in [5.74, 6) is 0.738. The number of hydrogen-bond donors (Lipinski definition) is 4. The first-order valence-electron chi connectivity index (χ1n) is 13.6. The number of ketones is 1. The highest BCUT2D eigenvalue weighted by Gasteiger charge is 2.68. The predicted octanol–water partition coefficient (Wildman–Crippen LogP) is 4.57. The van der Waals surface area contributed by atoms with Crippen molar-refractivity contribution in [1.29, 1.82) is 0 Å². The molecule has 3 saturated carbocycles. The molecule has 0 heterocycles. The third-order valence-electron chi connectivity index (χ3n) is 11.4. The minimum Gasteiger partial charge on any atom is -0.392 e. The van der Waals surface area contributed by atoms with E-state index in [1.807, 2.05) is 0 Å². The summed E-state index contributed by atoms with van der Waals surface area (Å²) in [5.41, 5.74) is 0.266. The van der Waals surface area contributed by atoms with E-state index in [2.05, 4.69) is 53.7 Å². The molecule has 0 spiro atoms. The fraction of sp³-hybridized carbons (Fsp3) is 0.833. The van der Waals surface area contributed by atoms with Crippen LogP contribution in [0.15, 0.2) is 23.3 Å². The molecule has 35 heavy (non-hydrogen) atoms. The zero-order chi connectivity index (χ0) is 26.4. The Kier molecular flexibility index (Phi) is 6.37. The highest BCUT2D eigenvalue weighted by atomic mass is 16.4. The lowest BCUT2D eigenvalue weighted by Crippen LogP contribution is -2.65. The molecule has 198 valence electrons. The SMILES string of the molecule is CC(CC(O)C(O)C(C)(C)O)C1=C2CC(O)C3C4(C)CCC(=O)C(C)(C)C4CCC3(C)C2(C)C=C1. The summed E-state index contributed by atoms with van der Waals surface area (Å²) in [4.78, 5) is 12.9. The van der Waals surface area contributed by atoms with E-state index in [4.69, 9.17) is 0 Å². The van der Waals surface area contributed by atoms with Crippen LogP contribution in [0.25, 0.3) is 0 Å². The fourth-order valence-corrected chi connectivity index (χ4v) is 9.24. The van der Waals surface area contributed by atoms with E-state index in [-0.39, 0.29) is 39.4 Å². The maximum Gasteiger partial charge on any atom is 0.138 e. The smallest absolute Gasteiger partial charge is 0.138 e.